The second-order valence-corrected chi connectivity index (χ2v) is 4.90. The molecule has 0 saturated heterocycles. The third kappa shape index (κ3) is 4.09. The highest BCUT2D eigenvalue weighted by atomic mass is 16.1. The van der Waals surface area contributed by atoms with Gasteiger partial charge >= 0.3 is 0 Å². The molecule has 0 aliphatic carbocycles. The fourth-order valence-electron chi connectivity index (χ4n) is 1.88. The summed E-state index contributed by atoms with van der Waals surface area (Å²) in [6.07, 6.45) is 1.64. The molecule has 0 aliphatic rings. The third-order valence-electron chi connectivity index (χ3n) is 3.10. The van der Waals surface area contributed by atoms with Crippen molar-refractivity contribution >= 4 is 5.78 Å². The van der Waals surface area contributed by atoms with Gasteiger partial charge in [-0.15, -0.1) is 0 Å². The van der Waals surface area contributed by atoms with Crippen LogP contribution in [-0.2, 0) is 6.54 Å². The van der Waals surface area contributed by atoms with E-state index in [0.717, 1.165) is 12.2 Å². The van der Waals surface area contributed by atoms with Gasteiger partial charge in [-0.2, -0.15) is 0 Å². The van der Waals surface area contributed by atoms with Crippen LogP contribution in [0.3, 0.4) is 0 Å². The number of carbonyl (C=O) groups excluding carboxylic acids is 1. The minimum atomic E-state index is 0.0273. The second kappa shape index (κ2) is 6.71. The van der Waals surface area contributed by atoms with E-state index < -0.39 is 0 Å². The molecular weight excluding hydrogens is 246 g/mol. The number of benzene rings is 2. The number of carbonyl (C=O) groups is 1. The van der Waals surface area contributed by atoms with Gasteiger partial charge in [0.15, 0.2) is 5.78 Å². The van der Waals surface area contributed by atoms with Gasteiger partial charge in [-0.25, -0.2) is 0 Å². The lowest BCUT2D eigenvalue weighted by molar-refractivity contribution is 0.104. The van der Waals surface area contributed by atoms with E-state index in [1.807, 2.05) is 37.3 Å². The van der Waals surface area contributed by atoms with Gasteiger partial charge in [-0.3, -0.25) is 4.79 Å². The molecule has 20 heavy (non-hydrogen) atoms. The van der Waals surface area contributed by atoms with Gasteiger partial charge in [0.1, 0.15) is 0 Å². The summed E-state index contributed by atoms with van der Waals surface area (Å²) in [5.41, 5.74) is 4.04. The molecule has 0 bridgehead atoms. The van der Waals surface area contributed by atoms with E-state index in [-0.39, 0.29) is 5.78 Å². The van der Waals surface area contributed by atoms with Crippen LogP contribution >= 0.6 is 0 Å². The van der Waals surface area contributed by atoms with Gasteiger partial charge in [-0.1, -0.05) is 60.2 Å². The summed E-state index contributed by atoms with van der Waals surface area (Å²) < 4.78 is 0. The van der Waals surface area contributed by atoms with E-state index >= 15 is 0 Å². The molecule has 0 fully saturated rings. The van der Waals surface area contributed by atoms with Crippen molar-refractivity contribution < 1.29 is 4.79 Å². The van der Waals surface area contributed by atoms with Crippen molar-refractivity contribution in [2.45, 2.75) is 20.4 Å². The Morgan fingerprint density at radius 1 is 1.05 bits per heavy atom. The van der Waals surface area contributed by atoms with Crippen LogP contribution in [-0.4, -0.2) is 5.78 Å². The number of aryl methyl sites for hydroxylation is 1. The molecule has 0 atom stereocenters. The highest BCUT2D eigenvalue weighted by molar-refractivity contribution is 6.04. The molecule has 2 aromatic carbocycles. The predicted molar refractivity (Wildman–Crippen MR) is 82.5 cm³/mol. The van der Waals surface area contributed by atoms with Crippen molar-refractivity contribution in [2.75, 3.05) is 0 Å². The Kier molecular flexibility index (Phi) is 4.72. The Morgan fingerprint density at radius 2 is 1.70 bits per heavy atom. The summed E-state index contributed by atoms with van der Waals surface area (Å²) in [6.45, 7) is 4.71. The summed E-state index contributed by atoms with van der Waals surface area (Å²) in [4.78, 5) is 12.0. The Bertz CT molecular complexity index is 597. The van der Waals surface area contributed by atoms with Crippen molar-refractivity contribution in [1.82, 2.24) is 5.32 Å². The fourth-order valence-corrected chi connectivity index (χ4v) is 1.88. The molecule has 0 unspecified atom stereocenters. The van der Waals surface area contributed by atoms with Crippen molar-refractivity contribution in [3.8, 4) is 0 Å². The number of nitrogens with one attached hydrogen (secondary N) is 1. The Hall–Kier alpha value is -2.35. The maximum absolute atomic E-state index is 12.0. The zero-order valence-electron chi connectivity index (χ0n) is 11.9. The van der Waals surface area contributed by atoms with Gasteiger partial charge < -0.3 is 5.32 Å². The molecule has 2 aromatic rings. The molecular formula is C18H19NO. The van der Waals surface area contributed by atoms with Crippen LogP contribution in [0.5, 0.6) is 0 Å². The van der Waals surface area contributed by atoms with E-state index in [2.05, 4.69) is 36.5 Å². The fraction of sp³-hybridized carbons (Fsp3) is 0.167. The average Bonchev–Trinajstić information content (AvgIpc) is 2.47. The van der Waals surface area contributed by atoms with Crippen molar-refractivity contribution in [2.24, 2.45) is 0 Å². The van der Waals surface area contributed by atoms with Crippen molar-refractivity contribution in [1.29, 1.82) is 0 Å². The van der Waals surface area contributed by atoms with Crippen LogP contribution in [0.2, 0.25) is 0 Å². The highest BCUT2D eigenvalue weighted by Gasteiger charge is 2.01. The van der Waals surface area contributed by atoms with E-state index in [1.165, 1.54) is 11.1 Å². The van der Waals surface area contributed by atoms with Crippen LogP contribution in [0.25, 0.3) is 0 Å². The third-order valence-corrected chi connectivity index (χ3v) is 3.10. The normalized spacial score (nSPS) is 11.2. The number of rotatable bonds is 5. The van der Waals surface area contributed by atoms with Crippen molar-refractivity contribution in [3.05, 3.63) is 83.1 Å². The molecule has 0 aliphatic heterocycles. The molecule has 102 valence electrons. The zero-order valence-corrected chi connectivity index (χ0v) is 11.9. The van der Waals surface area contributed by atoms with E-state index in [0.29, 0.717) is 5.56 Å². The molecule has 0 saturated carbocycles. The van der Waals surface area contributed by atoms with Gasteiger partial charge in [-0.05, 0) is 19.4 Å². The van der Waals surface area contributed by atoms with E-state index in [9.17, 15) is 4.79 Å². The highest BCUT2D eigenvalue weighted by Crippen LogP contribution is 2.05. The van der Waals surface area contributed by atoms with Crippen LogP contribution in [0.1, 0.15) is 28.4 Å². The summed E-state index contributed by atoms with van der Waals surface area (Å²) in [6, 6.07) is 17.7. The van der Waals surface area contributed by atoms with Gasteiger partial charge in [0.2, 0.25) is 0 Å². The maximum atomic E-state index is 12.0. The lowest BCUT2D eigenvalue weighted by Crippen LogP contribution is -2.12. The summed E-state index contributed by atoms with van der Waals surface area (Å²) in [5, 5.41) is 3.26. The largest absolute Gasteiger partial charge is 0.384 e. The molecule has 2 rings (SSSR count). The Labute approximate surface area is 120 Å². The Balaban J connectivity index is 1.94. The smallest absolute Gasteiger partial charge is 0.187 e. The molecule has 0 heterocycles. The maximum Gasteiger partial charge on any atom is 0.187 e. The first-order chi connectivity index (χ1) is 9.65. The van der Waals surface area contributed by atoms with Crippen LogP contribution < -0.4 is 5.32 Å². The number of hydrogen-bond acceptors (Lipinski definition) is 2. The summed E-state index contributed by atoms with van der Waals surface area (Å²) in [5.74, 6) is 0.0273. The monoisotopic (exact) mass is 265 g/mol. The predicted octanol–water partition coefficient (Wildman–Crippen LogP) is 3.87. The first-order valence-corrected chi connectivity index (χ1v) is 6.72. The number of allylic oxidation sites excluding steroid dienone is 2. The minimum absolute atomic E-state index is 0.0273. The minimum Gasteiger partial charge on any atom is -0.384 e. The first kappa shape index (κ1) is 14.1. The zero-order chi connectivity index (χ0) is 14.4. The molecule has 0 amide bonds. The quantitative estimate of drug-likeness (QED) is 0.656. The van der Waals surface area contributed by atoms with Gasteiger partial charge in [0, 0.05) is 23.9 Å². The van der Waals surface area contributed by atoms with E-state index in [1.54, 1.807) is 6.08 Å². The van der Waals surface area contributed by atoms with E-state index in [4.69, 9.17) is 0 Å². The van der Waals surface area contributed by atoms with Gasteiger partial charge in [0.25, 0.3) is 0 Å². The summed E-state index contributed by atoms with van der Waals surface area (Å²) >= 11 is 0. The molecule has 2 heteroatoms. The topological polar surface area (TPSA) is 29.1 Å². The molecule has 1 N–H and O–H groups in total. The average molecular weight is 265 g/mol. The lowest BCUT2D eigenvalue weighted by Gasteiger charge is -2.07. The first-order valence-electron chi connectivity index (χ1n) is 6.72. The standard InChI is InChI=1S/C18H19NO/c1-14-8-10-16(11-9-14)13-19-15(2)12-18(20)17-6-4-3-5-7-17/h3-12,19H,13H2,1-2H3/b15-12+. The number of ketones is 1. The van der Waals surface area contributed by atoms with Crippen LogP contribution in [0, 0.1) is 6.92 Å². The SMILES string of the molecule is C/C(=C\C(=O)c1ccccc1)NCc1ccc(C)cc1. The molecule has 0 radical (unpaired) electrons. The molecule has 0 spiro atoms. The van der Waals surface area contributed by atoms with Gasteiger partial charge in [0.05, 0.1) is 0 Å². The van der Waals surface area contributed by atoms with Crippen LogP contribution in [0.4, 0.5) is 0 Å². The number of hydrogen-bond donors (Lipinski definition) is 1. The van der Waals surface area contributed by atoms with Crippen molar-refractivity contribution in [3.63, 3.8) is 0 Å². The Morgan fingerprint density at radius 3 is 2.35 bits per heavy atom. The second-order valence-electron chi connectivity index (χ2n) is 4.90. The van der Waals surface area contributed by atoms with Crippen LogP contribution in [0.15, 0.2) is 66.4 Å². The lowest BCUT2D eigenvalue weighted by atomic mass is 10.1. The summed E-state index contributed by atoms with van der Waals surface area (Å²) in [7, 11) is 0. The molecule has 2 nitrogen and oxygen atoms in total. The molecule has 0 aromatic heterocycles.